The lowest BCUT2D eigenvalue weighted by atomic mass is 9.81. The van der Waals surface area contributed by atoms with Crippen molar-refractivity contribution >= 4 is 5.78 Å². The van der Waals surface area contributed by atoms with Crippen LogP contribution in [-0.2, 0) is 10.2 Å². The normalized spacial score (nSPS) is 11.1. The van der Waals surface area contributed by atoms with Crippen molar-refractivity contribution in [3.05, 3.63) is 42.0 Å². The van der Waals surface area contributed by atoms with Crippen LogP contribution < -0.4 is 4.74 Å². The highest BCUT2D eigenvalue weighted by atomic mass is 16.5. The van der Waals surface area contributed by atoms with E-state index in [1.807, 2.05) is 45.0 Å². The Morgan fingerprint density at radius 3 is 2.18 bits per heavy atom. The first kappa shape index (κ1) is 13.5. The van der Waals surface area contributed by atoms with E-state index in [2.05, 4.69) is 6.58 Å². The van der Waals surface area contributed by atoms with Gasteiger partial charge in [-0.3, -0.25) is 4.79 Å². The van der Waals surface area contributed by atoms with Gasteiger partial charge < -0.3 is 4.74 Å². The molecule has 0 aliphatic heterocycles. The number of rotatable bonds is 5. The lowest BCUT2D eigenvalue weighted by Gasteiger charge is -2.21. The van der Waals surface area contributed by atoms with E-state index < -0.39 is 5.41 Å². The van der Waals surface area contributed by atoms with Crippen LogP contribution in [0.5, 0.6) is 5.75 Å². The summed E-state index contributed by atoms with van der Waals surface area (Å²) < 4.78 is 5.51. The van der Waals surface area contributed by atoms with Gasteiger partial charge in [-0.05, 0) is 51.0 Å². The molecule has 1 aromatic carbocycles. The number of Topliss-reactive ketones (excluding diaryl/α,β-unsaturated/α-hetero) is 1. The topological polar surface area (TPSA) is 26.3 Å². The van der Waals surface area contributed by atoms with Crippen LogP contribution in [0.1, 0.15) is 33.3 Å². The minimum absolute atomic E-state index is 0.160. The predicted molar refractivity (Wildman–Crippen MR) is 70.5 cm³/mol. The zero-order chi connectivity index (χ0) is 13.1. The second kappa shape index (κ2) is 5.17. The molecule has 0 fully saturated rings. The van der Waals surface area contributed by atoms with Crippen molar-refractivity contribution in [2.75, 3.05) is 6.61 Å². The molecule has 1 aromatic rings. The lowest BCUT2D eigenvalue weighted by molar-refractivity contribution is -0.121. The zero-order valence-corrected chi connectivity index (χ0v) is 11.0. The van der Waals surface area contributed by atoms with Gasteiger partial charge in [0.05, 0.1) is 0 Å². The summed E-state index contributed by atoms with van der Waals surface area (Å²) in [6, 6.07) is 7.66. The summed E-state index contributed by atoms with van der Waals surface area (Å²) in [6.07, 6.45) is 0. The molecule has 0 aliphatic carbocycles. The van der Waals surface area contributed by atoms with Crippen LogP contribution in [-0.4, -0.2) is 12.4 Å². The Morgan fingerprint density at radius 2 is 1.76 bits per heavy atom. The Balaban J connectivity index is 2.81. The van der Waals surface area contributed by atoms with E-state index in [4.69, 9.17) is 4.74 Å². The number of hydrogen-bond acceptors (Lipinski definition) is 2. The van der Waals surface area contributed by atoms with Gasteiger partial charge in [-0.25, -0.2) is 0 Å². The smallest absolute Gasteiger partial charge is 0.139 e. The molecule has 92 valence electrons. The Kier molecular flexibility index (Phi) is 4.11. The SMILES string of the molecule is C=C(C)COc1ccc(C(C)(C)C(C)=O)cc1. The average molecular weight is 232 g/mol. The fraction of sp³-hybridized carbons (Fsp3) is 0.400. The quantitative estimate of drug-likeness (QED) is 0.726. The molecule has 0 heterocycles. The maximum Gasteiger partial charge on any atom is 0.139 e. The number of benzene rings is 1. The van der Waals surface area contributed by atoms with Crippen LogP contribution >= 0.6 is 0 Å². The summed E-state index contributed by atoms with van der Waals surface area (Å²) in [5.41, 5.74) is 1.55. The largest absolute Gasteiger partial charge is 0.489 e. The maximum absolute atomic E-state index is 11.5. The average Bonchev–Trinajstić information content (AvgIpc) is 2.26. The summed E-state index contributed by atoms with van der Waals surface area (Å²) >= 11 is 0. The first-order valence-corrected chi connectivity index (χ1v) is 5.73. The van der Waals surface area contributed by atoms with Gasteiger partial charge in [0.1, 0.15) is 18.1 Å². The molecule has 2 heteroatoms. The van der Waals surface area contributed by atoms with Crippen molar-refractivity contribution in [3.63, 3.8) is 0 Å². The van der Waals surface area contributed by atoms with Gasteiger partial charge in [0.25, 0.3) is 0 Å². The van der Waals surface area contributed by atoms with E-state index in [1.54, 1.807) is 6.92 Å². The van der Waals surface area contributed by atoms with Crippen molar-refractivity contribution in [3.8, 4) is 5.75 Å². The summed E-state index contributed by atoms with van der Waals surface area (Å²) in [6.45, 7) is 11.7. The second-order valence-electron chi connectivity index (χ2n) is 4.95. The van der Waals surface area contributed by atoms with E-state index >= 15 is 0 Å². The first-order chi connectivity index (χ1) is 7.84. The number of hydrogen-bond donors (Lipinski definition) is 0. The van der Waals surface area contributed by atoms with Gasteiger partial charge in [-0.1, -0.05) is 18.7 Å². The molecule has 0 radical (unpaired) electrons. The molecule has 0 unspecified atom stereocenters. The molecule has 0 aliphatic rings. The number of carbonyl (C=O) groups is 1. The van der Waals surface area contributed by atoms with Gasteiger partial charge in [-0.15, -0.1) is 0 Å². The molecular weight excluding hydrogens is 212 g/mol. The van der Waals surface area contributed by atoms with Crippen LogP contribution in [0, 0.1) is 0 Å². The van der Waals surface area contributed by atoms with Crippen LogP contribution in [0.3, 0.4) is 0 Å². The Hall–Kier alpha value is -1.57. The lowest BCUT2D eigenvalue weighted by Crippen LogP contribution is -2.26. The predicted octanol–water partition coefficient (Wildman–Crippen LogP) is 3.51. The van der Waals surface area contributed by atoms with Gasteiger partial charge in [0, 0.05) is 5.41 Å². The summed E-state index contributed by atoms with van der Waals surface area (Å²) in [5.74, 6) is 0.962. The van der Waals surface area contributed by atoms with Crippen molar-refractivity contribution < 1.29 is 9.53 Å². The van der Waals surface area contributed by atoms with E-state index in [0.717, 1.165) is 16.9 Å². The minimum Gasteiger partial charge on any atom is -0.489 e. The van der Waals surface area contributed by atoms with Gasteiger partial charge >= 0.3 is 0 Å². The van der Waals surface area contributed by atoms with Crippen LogP contribution in [0.15, 0.2) is 36.4 Å². The van der Waals surface area contributed by atoms with Crippen LogP contribution in [0.4, 0.5) is 0 Å². The highest BCUT2D eigenvalue weighted by Crippen LogP contribution is 2.26. The minimum atomic E-state index is -0.438. The molecule has 0 N–H and O–H groups in total. The van der Waals surface area contributed by atoms with Gasteiger partial charge in [-0.2, -0.15) is 0 Å². The van der Waals surface area contributed by atoms with E-state index in [-0.39, 0.29) is 5.78 Å². The third-order valence-electron chi connectivity index (χ3n) is 2.94. The van der Waals surface area contributed by atoms with Crippen LogP contribution in [0.2, 0.25) is 0 Å². The first-order valence-electron chi connectivity index (χ1n) is 5.73. The number of carbonyl (C=O) groups excluding carboxylic acids is 1. The van der Waals surface area contributed by atoms with Crippen LogP contribution in [0.25, 0.3) is 0 Å². The van der Waals surface area contributed by atoms with Crippen molar-refractivity contribution in [2.24, 2.45) is 0 Å². The van der Waals surface area contributed by atoms with E-state index in [1.165, 1.54) is 0 Å². The monoisotopic (exact) mass is 232 g/mol. The van der Waals surface area contributed by atoms with Crippen molar-refractivity contribution in [1.29, 1.82) is 0 Å². The summed E-state index contributed by atoms with van der Waals surface area (Å²) in [7, 11) is 0. The molecular formula is C15H20O2. The van der Waals surface area contributed by atoms with Crippen molar-refractivity contribution in [2.45, 2.75) is 33.1 Å². The van der Waals surface area contributed by atoms with E-state index in [0.29, 0.717) is 6.61 Å². The standard InChI is InChI=1S/C15H20O2/c1-11(2)10-17-14-8-6-13(7-9-14)15(4,5)12(3)16/h6-9H,1,10H2,2-5H3. The maximum atomic E-state index is 11.5. The summed E-state index contributed by atoms with van der Waals surface area (Å²) in [4.78, 5) is 11.5. The third-order valence-corrected chi connectivity index (χ3v) is 2.94. The summed E-state index contributed by atoms with van der Waals surface area (Å²) in [5, 5.41) is 0. The van der Waals surface area contributed by atoms with Gasteiger partial charge in [0.15, 0.2) is 0 Å². The molecule has 2 nitrogen and oxygen atoms in total. The zero-order valence-electron chi connectivity index (χ0n) is 11.0. The molecule has 0 saturated carbocycles. The highest BCUT2D eigenvalue weighted by molar-refractivity contribution is 5.87. The molecule has 0 bridgehead atoms. The molecule has 0 amide bonds. The molecule has 17 heavy (non-hydrogen) atoms. The third kappa shape index (κ3) is 3.45. The number of ether oxygens (including phenoxy) is 1. The van der Waals surface area contributed by atoms with Crippen molar-refractivity contribution in [1.82, 2.24) is 0 Å². The molecule has 1 rings (SSSR count). The van der Waals surface area contributed by atoms with Gasteiger partial charge in [0.2, 0.25) is 0 Å². The second-order valence-corrected chi connectivity index (χ2v) is 4.95. The molecule has 0 aromatic heterocycles. The molecule has 0 saturated heterocycles. The Bertz CT molecular complexity index is 413. The fourth-order valence-corrected chi connectivity index (χ4v) is 1.38. The number of ketones is 1. The highest BCUT2D eigenvalue weighted by Gasteiger charge is 2.25. The Labute approximate surface area is 103 Å². The Morgan fingerprint density at radius 1 is 1.24 bits per heavy atom. The fourth-order valence-electron chi connectivity index (χ4n) is 1.38. The molecule has 0 spiro atoms. The molecule has 0 atom stereocenters. The van der Waals surface area contributed by atoms with E-state index in [9.17, 15) is 4.79 Å².